The van der Waals surface area contributed by atoms with Gasteiger partial charge in [-0.15, -0.1) is 0 Å². The number of halogens is 1. The number of aryl methyl sites for hydroxylation is 2. The lowest BCUT2D eigenvalue weighted by atomic mass is 9.94. The number of rotatable bonds is 11. The lowest BCUT2D eigenvalue weighted by molar-refractivity contribution is 0.220. The van der Waals surface area contributed by atoms with E-state index in [1.165, 1.54) is 24.8 Å². The highest BCUT2D eigenvalue weighted by Crippen LogP contribution is 2.34. The Morgan fingerprint density at radius 2 is 1.81 bits per heavy atom. The van der Waals surface area contributed by atoms with Crippen LogP contribution in [0.3, 0.4) is 0 Å². The zero-order chi connectivity index (χ0) is 33.3. The number of pyridine rings is 2. The van der Waals surface area contributed by atoms with Gasteiger partial charge in [-0.25, -0.2) is 4.39 Å². The molecule has 2 N–H and O–H groups in total. The molecule has 1 fully saturated rings. The molecule has 1 aromatic carbocycles. The number of aromatic nitrogens is 5. The number of likely N-dealkylation sites (tertiary alicyclic amines) is 1. The number of nitrogens with zero attached hydrogens (tertiary/aromatic N) is 5. The predicted octanol–water partition coefficient (Wildman–Crippen LogP) is 8.59. The molecule has 0 amide bonds. The fraction of sp³-hybridized carbons (Fsp3) is 0.359. The predicted molar refractivity (Wildman–Crippen MR) is 193 cm³/mol. The standard InChI is InChI=1S/C37H42FN7.C2H6/c1-5-10-31(28-15-26(17-30(38)18-28)11-9-12-44(3)4)32-19-35(41-25(32)2)37-33-20-34(40-23-36(33)42-43-37)29-16-27(21-39-22-29)24-45-13-7-6-8-14-45;1-2/h5,10,15-23,41H,1,6-9,11-14,24H2,2-4H3,(H,42,43);1-2H3/b31-10-;. The van der Waals surface area contributed by atoms with E-state index in [2.05, 4.69) is 74.9 Å². The molecule has 7 nitrogen and oxygen atoms in total. The van der Waals surface area contributed by atoms with Crippen molar-refractivity contribution in [3.63, 3.8) is 0 Å². The first-order valence-electron chi connectivity index (χ1n) is 16.9. The van der Waals surface area contributed by atoms with Crippen LogP contribution in [0, 0.1) is 12.7 Å². The monoisotopic (exact) mass is 633 g/mol. The Hall–Kier alpha value is -4.40. The minimum Gasteiger partial charge on any atom is -0.357 e. The summed E-state index contributed by atoms with van der Waals surface area (Å²) in [6.07, 6.45) is 15.0. The van der Waals surface area contributed by atoms with Crippen molar-refractivity contribution < 1.29 is 4.39 Å². The summed E-state index contributed by atoms with van der Waals surface area (Å²) in [6.45, 7) is 14.1. The quantitative estimate of drug-likeness (QED) is 0.143. The van der Waals surface area contributed by atoms with Crippen LogP contribution in [0.1, 0.15) is 67.5 Å². The number of hydrogen-bond donors (Lipinski definition) is 2. The van der Waals surface area contributed by atoms with Gasteiger partial charge >= 0.3 is 0 Å². The van der Waals surface area contributed by atoms with Crippen LogP contribution in [0.5, 0.6) is 0 Å². The van der Waals surface area contributed by atoms with Crippen LogP contribution >= 0.6 is 0 Å². The number of piperidine rings is 1. The van der Waals surface area contributed by atoms with Gasteiger partial charge in [0, 0.05) is 41.1 Å². The Morgan fingerprint density at radius 3 is 2.57 bits per heavy atom. The second-order valence-electron chi connectivity index (χ2n) is 12.4. The summed E-state index contributed by atoms with van der Waals surface area (Å²) < 4.78 is 14.9. The van der Waals surface area contributed by atoms with Gasteiger partial charge in [0.1, 0.15) is 11.5 Å². The van der Waals surface area contributed by atoms with E-state index in [0.717, 1.165) is 101 Å². The summed E-state index contributed by atoms with van der Waals surface area (Å²) in [6, 6.07) is 11.7. The molecule has 1 saturated heterocycles. The highest BCUT2D eigenvalue weighted by molar-refractivity contribution is 5.95. The van der Waals surface area contributed by atoms with E-state index in [9.17, 15) is 4.39 Å². The van der Waals surface area contributed by atoms with Crippen LogP contribution in [0.2, 0.25) is 0 Å². The normalized spacial score (nSPS) is 14.0. The van der Waals surface area contributed by atoms with Gasteiger partial charge in [-0.1, -0.05) is 45.1 Å². The Balaban J connectivity index is 0.00000213. The van der Waals surface area contributed by atoms with Gasteiger partial charge in [0.25, 0.3) is 0 Å². The van der Waals surface area contributed by atoms with Crippen molar-refractivity contribution in [2.24, 2.45) is 0 Å². The molecule has 246 valence electrons. The Kier molecular flexibility index (Phi) is 11.5. The van der Waals surface area contributed by atoms with Gasteiger partial charge in [-0.05, 0) is 119 Å². The molecule has 0 unspecified atom stereocenters. The third-order valence-corrected chi connectivity index (χ3v) is 8.58. The Morgan fingerprint density at radius 1 is 1.00 bits per heavy atom. The number of fused-ring (bicyclic) bond motifs is 1. The lowest BCUT2D eigenvalue weighted by Crippen LogP contribution is -2.29. The van der Waals surface area contributed by atoms with E-state index in [4.69, 9.17) is 4.98 Å². The molecular formula is C39H48FN7. The molecule has 1 aliphatic rings. The van der Waals surface area contributed by atoms with Crippen LogP contribution in [0.15, 0.2) is 73.7 Å². The maximum absolute atomic E-state index is 14.9. The van der Waals surface area contributed by atoms with Crippen LogP contribution in [0.4, 0.5) is 4.39 Å². The zero-order valence-electron chi connectivity index (χ0n) is 28.5. The van der Waals surface area contributed by atoms with E-state index in [0.29, 0.717) is 0 Å². The SMILES string of the molecule is C=C/C=C(/c1cc(F)cc(CCCN(C)C)c1)c1cc(-c2n[nH]c3cnc(-c4cncc(CN5CCCCC5)c4)cc23)[nH]c1C.CC. The zero-order valence-corrected chi connectivity index (χ0v) is 28.5. The van der Waals surface area contributed by atoms with Gasteiger partial charge in [-0.2, -0.15) is 5.10 Å². The number of allylic oxidation sites excluding steroid dienone is 2. The van der Waals surface area contributed by atoms with Crippen molar-refractivity contribution in [1.29, 1.82) is 0 Å². The Labute approximate surface area is 278 Å². The average molecular weight is 634 g/mol. The number of aromatic amines is 2. The molecule has 5 aromatic rings. The van der Waals surface area contributed by atoms with E-state index in [1.807, 2.05) is 45.4 Å². The fourth-order valence-corrected chi connectivity index (χ4v) is 6.34. The van der Waals surface area contributed by atoms with Gasteiger partial charge in [0.05, 0.1) is 23.1 Å². The van der Waals surface area contributed by atoms with Crippen LogP contribution in [-0.2, 0) is 13.0 Å². The first-order valence-corrected chi connectivity index (χ1v) is 16.9. The molecule has 0 saturated carbocycles. The minimum absolute atomic E-state index is 0.233. The van der Waals surface area contributed by atoms with Crippen molar-refractivity contribution in [2.75, 3.05) is 33.7 Å². The molecule has 0 bridgehead atoms. The number of H-pyrrole nitrogens is 2. The molecule has 0 radical (unpaired) electrons. The topological polar surface area (TPSA) is 76.7 Å². The van der Waals surface area contributed by atoms with Gasteiger partial charge < -0.3 is 9.88 Å². The summed E-state index contributed by atoms with van der Waals surface area (Å²) in [4.78, 5) is 17.5. The van der Waals surface area contributed by atoms with Gasteiger partial charge in [-0.3, -0.25) is 20.0 Å². The largest absolute Gasteiger partial charge is 0.357 e. The van der Waals surface area contributed by atoms with E-state index >= 15 is 0 Å². The molecule has 47 heavy (non-hydrogen) atoms. The van der Waals surface area contributed by atoms with Gasteiger partial charge in [0.2, 0.25) is 0 Å². The maximum Gasteiger partial charge on any atom is 0.124 e. The van der Waals surface area contributed by atoms with Crippen molar-refractivity contribution >= 4 is 16.5 Å². The van der Waals surface area contributed by atoms with Crippen LogP contribution in [-0.4, -0.2) is 68.7 Å². The summed E-state index contributed by atoms with van der Waals surface area (Å²) in [5, 5.41) is 8.80. The number of benzene rings is 1. The summed E-state index contributed by atoms with van der Waals surface area (Å²) in [5.74, 6) is -0.233. The summed E-state index contributed by atoms with van der Waals surface area (Å²) >= 11 is 0. The average Bonchev–Trinajstić information content (AvgIpc) is 3.67. The number of nitrogens with one attached hydrogen (secondary N) is 2. The molecule has 0 aliphatic carbocycles. The van der Waals surface area contributed by atoms with Crippen LogP contribution in [0.25, 0.3) is 39.1 Å². The van der Waals surface area contributed by atoms with Crippen LogP contribution < -0.4 is 0 Å². The smallest absolute Gasteiger partial charge is 0.124 e. The van der Waals surface area contributed by atoms with Crippen molar-refractivity contribution in [3.8, 4) is 22.6 Å². The second-order valence-corrected chi connectivity index (χ2v) is 12.4. The molecular weight excluding hydrogens is 585 g/mol. The first kappa shape index (κ1) is 33.9. The van der Waals surface area contributed by atoms with E-state index < -0.39 is 0 Å². The summed E-state index contributed by atoms with van der Waals surface area (Å²) in [7, 11) is 4.11. The second kappa shape index (κ2) is 15.9. The minimum atomic E-state index is -0.233. The molecule has 1 aliphatic heterocycles. The summed E-state index contributed by atoms with van der Waals surface area (Å²) in [5.41, 5.74) is 10.3. The third kappa shape index (κ3) is 8.31. The van der Waals surface area contributed by atoms with E-state index in [-0.39, 0.29) is 5.82 Å². The molecule has 0 spiro atoms. The van der Waals surface area contributed by atoms with Crippen molar-refractivity contribution in [1.82, 2.24) is 34.9 Å². The molecule has 0 atom stereocenters. The molecule has 6 rings (SSSR count). The van der Waals surface area contributed by atoms with Crippen molar-refractivity contribution in [3.05, 3.63) is 107 Å². The van der Waals surface area contributed by atoms with Gasteiger partial charge in [0.15, 0.2) is 0 Å². The fourth-order valence-electron chi connectivity index (χ4n) is 6.34. The lowest BCUT2D eigenvalue weighted by Gasteiger charge is -2.26. The third-order valence-electron chi connectivity index (χ3n) is 8.58. The maximum atomic E-state index is 14.9. The first-order chi connectivity index (χ1) is 22.9. The van der Waals surface area contributed by atoms with Crippen molar-refractivity contribution in [2.45, 2.75) is 59.4 Å². The molecule has 4 aromatic heterocycles. The number of hydrogen-bond acceptors (Lipinski definition) is 5. The highest BCUT2D eigenvalue weighted by atomic mass is 19.1. The Bertz CT molecular complexity index is 1820. The highest BCUT2D eigenvalue weighted by Gasteiger charge is 2.18. The molecule has 5 heterocycles. The molecule has 8 heteroatoms. The van der Waals surface area contributed by atoms with E-state index in [1.54, 1.807) is 18.2 Å².